The summed E-state index contributed by atoms with van der Waals surface area (Å²) >= 11 is 1.03. The first-order valence-electron chi connectivity index (χ1n) is 15.2. The van der Waals surface area contributed by atoms with Gasteiger partial charge in [-0.25, -0.2) is 4.72 Å². The number of amides is 1. The van der Waals surface area contributed by atoms with Gasteiger partial charge in [0.25, 0.3) is 5.92 Å². The minimum Gasteiger partial charge on any atom is -0.493 e. The lowest BCUT2D eigenvalue weighted by atomic mass is 9.90. The van der Waals surface area contributed by atoms with Gasteiger partial charge in [0.15, 0.2) is 6.04 Å². The van der Waals surface area contributed by atoms with Gasteiger partial charge in [-0.2, -0.15) is 8.78 Å². The molecule has 1 unspecified atom stereocenters. The number of halogens is 2. The Labute approximate surface area is 257 Å². The van der Waals surface area contributed by atoms with Gasteiger partial charge >= 0.3 is 0 Å². The Bertz CT molecular complexity index is 1300. The summed E-state index contributed by atoms with van der Waals surface area (Å²) in [5.74, 6) is -1.95. The first kappa shape index (κ1) is 31.3. The minimum atomic E-state index is -3.51. The number of benzene rings is 3. The second kappa shape index (κ2) is 15.0. The number of rotatable bonds is 12. The summed E-state index contributed by atoms with van der Waals surface area (Å²) in [5, 5.41) is 3.22. The molecule has 0 aromatic heterocycles. The van der Waals surface area contributed by atoms with E-state index in [1.165, 1.54) is 50.3 Å². The predicted molar refractivity (Wildman–Crippen MR) is 167 cm³/mol. The summed E-state index contributed by atoms with van der Waals surface area (Å²) < 4.78 is 47.3. The van der Waals surface area contributed by atoms with Crippen molar-refractivity contribution in [3.63, 3.8) is 0 Å². The molecular weight excluding hydrogens is 568 g/mol. The van der Waals surface area contributed by atoms with Gasteiger partial charge in [-0.05, 0) is 99.1 Å². The normalized spacial score (nSPS) is 17.4. The lowest BCUT2D eigenvalue weighted by Crippen LogP contribution is -2.55. The largest absolute Gasteiger partial charge is 0.493 e. The highest BCUT2D eigenvalue weighted by Gasteiger charge is 2.48. The number of nitrogens with zero attached hydrogens (tertiary/aromatic N) is 1. The van der Waals surface area contributed by atoms with E-state index < -0.39 is 17.9 Å². The van der Waals surface area contributed by atoms with E-state index in [9.17, 15) is 4.79 Å². The van der Waals surface area contributed by atoms with Gasteiger partial charge in [0.2, 0.25) is 5.91 Å². The average Bonchev–Trinajstić information content (AvgIpc) is 3.05. The van der Waals surface area contributed by atoms with Crippen LogP contribution in [0.4, 0.5) is 8.78 Å². The molecule has 1 saturated carbocycles. The van der Waals surface area contributed by atoms with Gasteiger partial charge in [-0.3, -0.25) is 4.79 Å². The van der Waals surface area contributed by atoms with Crippen molar-refractivity contribution in [3.05, 3.63) is 84.4 Å². The van der Waals surface area contributed by atoms with E-state index in [4.69, 9.17) is 9.47 Å². The number of para-hydroxylation sites is 1. The topological polar surface area (TPSA) is 62.8 Å². The standard InChI is InChI=1S/C34H41F2N3O3S/c1-37-27-19-21-39(22-20-27)33(40)32(34(35,36)26-11-8-14-30(23-26)42-29-12-6-3-7-13-29)38-43-31-17-15-28(16-18-31)41-24-25-9-4-2-5-10-25/h3,6-8,11-18,23,25,27,32,37-38H,2,4-5,9-10,19-22,24H2,1H3. The van der Waals surface area contributed by atoms with Crippen LogP contribution in [0.2, 0.25) is 0 Å². The molecule has 230 valence electrons. The van der Waals surface area contributed by atoms with Crippen LogP contribution in [0, 0.1) is 5.92 Å². The van der Waals surface area contributed by atoms with Crippen molar-refractivity contribution in [1.29, 1.82) is 0 Å². The number of hydrogen-bond donors (Lipinski definition) is 2. The van der Waals surface area contributed by atoms with Crippen LogP contribution < -0.4 is 19.5 Å². The summed E-state index contributed by atoms with van der Waals surface area (Å²) in [4.78, 5) is 16.0. The van der Waals surface area contributed by atoms with Gasteiger partial charge in [0.05, 0.1) is 6.61 Å². The Kier molecular flexibility index (Phi) is 10.9. The molecule has 1 amide bonds. The quantitative estimate of drug-likeness (QED) is 0.209. The van der Waals surface area contributed by atoms with E-state index in [1.807, 2.05) is 49.5 Å². The number of likely N-dealkylation sites (tertiary alicyclic amines) is 1. The molecule has 0 spiro atoms. The molecule has 3 aromatic rings. The van der Waals surface area contributed by atoms with Crippen molar-refractivity contribution in [1.82, 2.24) is 14.9 Å². The SMILES string of the molecule is CNC1CCN(C(=O)C(NSc2ccc(OCC3CCCCC3)cc2)C(F)(F)c2cccc(Oc3ccccc3)c2)CC1. The van der Waals surface area contributed by atoms with Gasteiger partial charge in [0.1, 0.15) is 17.2 Å². The number of ether oxygens (including phenoxy) is 2. The molecule has 1 aliphatic heterocycles. The van der Waals surface area contributed by atoms with Crippen LogP contribution >= 0.6 is 11.9 Å². The van der Waals surface area contributed by atoms with Crippen molar-refractivity contribution >= 4 is 17.9 Å². The van der Waals surface area contributed by atoms with Crippen molar-refractivity contribution < 1.29 is 23.0 Å². The van der Waals surface area contributed by atoms with Crippen LogP contribution in [0.1, 0.15) is 50.5 Å². The van der Waals surface area contributed by atoms with E-state index in [0.717, 1.165) is 30.5 Å². The molecule has 6 nitrogen and oxygen atoms in total. The fourth-order valence-corrected chi connectivity index (χ4v) is 6.48. The molecule has 1 saturated heterocycles. The third-order valence-electron chi connectivity index (χ3n) is 8.35. The van der Waals surface area contributed by atoms with Gasteiger partial charge in [-0.1, -0.05) is 49.6 Å². The fraction of sp³-hybridized carbons (Fsp3) is 0.441. The maximum absolute atomic E-state index is 16.3. The van der Waals surface area contributed by atoms with Crippen LogP contribution in [-0.4, -0.2) is 49.6 Å². The Morgan fingerprint density at radius 1 is 0.907 bits per heavy atom. The fourth-order valence-electron chi connectivity index (χ4n) is 5.71. The van der Waals surface area contributed by atoms with Crippen LogP contribution in [0.25, 0.3) is 0 Å². The average molecular weight is 610 g/mol. The Balaban J connectivity index is 1.30. The smallest absolute Gasteiger partial charge is 0.298 e. The van der Waals surface area contributed by atoms with Crippen LogP contribution in [0.3, 0.4) is 0 Å². The van der Waals surface area contributed by atoms with Crippen molar-refractivity contribution in [2.75, 3.05) is 26.7 Å². The van der Waals surface area contributed by atoms with E-state index >= 15 is 8.78 Å². The van der Waals surface area contributed by atoms with Gasteiger partial charge in [0, 0.05) is 29.6 Å². The molecule has 0 radical (unpaired) electrons. The minimum absolute atomic E-state index is 0.274. The number of carbonyl (C=O) groups is 1. The van der Waals surface area contributed by atoms with E-state index in [-0.39, 0.29) is 17.4 Å². The molecule has 1 heterocycles. The maximum atomic E-state index is 16.3. The summed E-state index contributed by atoms with van der Waals surface area (Å²) in [7, 11) is 1.88. The molecule has 0 bridgehead atoms. The van der Waals surface area contributed by atoms with Crippen LogP contribution in [-0.2, 0) is 10.7 Å². The van der Waals surface area contributed by atoms with Crippen molar-refractivity contribution in [3.8, 4) is 17.2 Å². The summed E-state index contributed by atoms with van der Waals surface area (Å²) in [5.41, 5.74) is -0.288. The molecule has 2 aliphatic rings. The second-order valence-electron chi connectivity index (χ2n) is 11.4. The second-order valence-corrected chi connectivity index (χ2v) is 12.3. The van der Waals surface area contributed by atoms with Crippen molar-refractivity contribution in [2.45, 2.75) is 67.8 Å². The number of piperidine rings is 1. The van der Waals surface area contributed by atoms with Gasteiger partial charge < -0.3 is 19.7 Å². The molecule has 2 fully saturated rings. The van der Waals surface area contributed by atoms with Crippen LogP contribution in [0.15, 0.2) is 83.8 Å². The Hall–Kier alpha value is -3.14. The molecule has 43 heavy (non-hydrogen) atoms. The zero-order valence-corrected chi connectivity index (χ0v) is 25.5. The van der Waals surface area contributed by atoms with Crippen LogP contribution in [0.5, 0.6) is 17.2 Å². The highest BCUT2D eigenvalue weighted by molar-refractivity contribution is 7.97. The zero-order chi connectivity index (χ0) is 30.1. The molecular formula is C34H41F2N3O3S. The number of hydrogen-bond acceptors (Lipinski definition) is 6. The van der Waals surface area contributed by atoms with E-state index in [0.29, 0.717) is 36.3 Å². The Morgan fingerprint density at radius 3 is 2.30 bits per heavy atom. The first-order chi connectivity index (χ1) is 20.9. The van der Waals surface area contributed by atoms with Gasteiger partial charge in [-0.15, -0.1) is 0 Å². The van der Waals surface area contributed by atoms with Crippen molar-refractivity contribution in [2.24, 2.45) is 5.92 Å². The van der Waals surface area contributed by atoms with E-state index in [2.05, 4.69) is 10.0 Å². The lowest BCUT2D eigenvalue weighted by Gasteiger charge is -2.36. The lowest BCUT2D eigenvalue weighted by molar-refractivity contribution is -0.145. The molecule has 1 atom stereocenters. The van der Waals surface area contributed by atoms with E-state index in [1.54, 1.807) is 23.1 Å². The predicted octanol–water partition coefficient (Wildman–Crippen LogP) is 7.41. The number of nitrogens with one attached hydrogen (secondary N) is 2. The summed E-state index contributed by atoms with van der Waals surface area (Å²) in [6.07, 6.45) is 7.67. The molecule has 5 rings (SSSR count). The highest BCUT2D eigenvalue weighted by Crippen LogP contribution is 2.37. The number of carbonyl (C=O) groups excluding carboxylic acids is 1. The molecule has 9 heteroatoms. The molecule has 2 N–H and O–H groups in total. The Morgan fingerprint density at radius 2 is 1.60 bits per heavy atom. The zero-order valence-electron chi connectivity index (χ0n) is 24.6. The highest BCUT2D eigenvalue weighted by atomic mass is 32.2. The monoisotopic (exact) mass is 609 g/mol. The number of alkyl halides is 2. The molecule has 3 aromatic carbocycles. The summed E-state index contributed by atoms with van der Waals surface area (Å²) in [6, 6.07) is 20.7. The molecule has 1 aliphatic carbocycles. The third-order valence-corrected chi connectivity index (χ3v) is 9.21. The maximum Gasteiger partial charge on any atom is 0.298 e. The third kappa shape index (κ3) is 8.49. The first-order valence-corrected chi connectivity index (χ1v) is 16.1. The summed E-state index contributed by atoms with van der Waals surface area (Å²) in [6.45, 7) is 1.55.